The first-order valence-corrected chi connectivity index (χ1v) is 7.42. The van der Waals surface area contributed by atoms with Crippen LogP contribution in [0, 0.1) is 0 Å². The Bertz CT molecular complexity index is 708. The fourth-order valence-electron chi connectivity index (χ4n) is 2.52. The van der Waals surface area contributed by atoms with Gasteiger partial charge in [-0.1, -0.05) is 41.9 Å². The Morgan fingerprint density at radius 3 is 2.82 bits per heavy atom. The first kappa shape index (κ1) is 15.1. The molecule has 0 spiro atoms. The highest BCUT2D eigenvalue weighted by molar-refractivity contribution is 6.61. The molecule has 2 aromatic rings. The van der Waals surface area contributed by atoms with E-state index in [0.29, 0.717) is 22.7 Å². The highest BCUT2D eigenvalue weighted by Crippen LogP contribution is 2.22. The van der Waals surface area contributed by atoms with Crippen LogP contribution in [0.1, 0.15) is 34.5 Å². The van der Waals surface area contributed by atoms with Crippen LogP contribution in [0.4, 0.5) is 0 Å². The van der Waals surface area contributed by atoms with Gasteiger partial charge in [0.2, 0.25) is 0 Å². The average Bonchev–Trinajstić information content (AvgIpc) is 2.87. The summed E-state index contributed by atoms with van der Waals surface area (Å²) < 4.78 is 5.13. The molecular formula is C16H15BClNO3. The minimum atomic E-state index is -0.995. The Morgan fingerprint density at radius 1 is 1.36 bits per heavy atom. The summed E-state index contributed by atoms with van der Waals surface area (Å²) in [4.78, 5) is 12.4. The molecule has 0 bridgehead atoms. The van der Waals surface area contributed by atoms with Crippen LogP contribution >= 0.6 is 11.6 Å². The minimum Gasteiger partial charge on any atom is -0.423 e. The topological polar surface area (TPSA) is 58.6 Å². The summed E-state index contributed by atoms with van der Waals surface area (Å²) in [6.07, 6.45) is 0. The number of benzene rings is 2. The lowest BCUT2D eigenvalue weighted by Crippen LogP contribution is -2.31. The van der Waals surface area contributed by atoms with Crippen LogP contribution in [0.3, 0.4) is 0 Å². The van der Waals surface area contributed by atoms with Gasteiger partial charge in [0.05, 0.1) is 23.2 Å². The molecule has 1 amide bonds. The van der Waals surface area contributed by atoms with Crippen LogP contribution in [0.25, 0.3) is 0 Å². The highest BCUT2D eigenvalue weighted by Gasteiger charge is 2.29. The van der Waals surface area contributed by atoms with Crippen molar-refractivity contribution in [2.45, 2.75) is 19.6 Å². The third-order valence-corrected chi connectivity index (χ3v) is 4.10. The fraction of sp³-hybridized carbons (Fsp3) is 0.188. The number of hydrogen-bond donors (Lipinski definition) is 2. The van der Waals surface area contributed by atoms with Crippen molar-refractivity contribution in [1.29, 1.82) is 0 Å². The smallest absolute Gasteiger partial charge is 0.423 e. The molecule has 6 heteroatoms. The average molecular weight is 316 g/mol. The second-order valence-electron chi connectivity index (χ2n) is 5.30. The first-order valence-electron chi connectivity index (χ1n) is 7.04. The predicted octanol–water partition coefficient (Wildman–Crippen LogP) is 2.05. The number of fused-ring (bicyclic) bond motifs is 1. The van der Waals surface area contributed by atoms with Gasteiger partial charge in [0.25, 0.3) is 5.91 Å². The summed E-state index contributed by atoms with van der Waals surface area (Å²) in [5.74, 6) is -0.275. The molecule has 0 aromatic heterocycles. The van der Waals surface area contributed by atoms with Crippen LogP contribution in [-0.2, 0) is 11.3 Å². The number of carbonyl (C=O) groups excluding carboxylic acids is 1. The normalized spacial score (nSPS) is 14.6. The van der Waals surface area contributed by atoms with Gasteiger partial charge in [-0.15, -0.1) is 0 Å². The molecule has 0 saturated carbocycles. The van der Waals surface area contributed by atoms with E-state index in [-0.39, 0.29) is 11.9 Å². The van der Waals surface area contributed by atoms with Gasteiger partial charge >= 0.3 is 7.12 Å². The maximum Gasteiger partial charge on any atom is 0.491 e. The lowest BCUT2D eigenvalue weighted by molar-refractivity contribution is 0.0940. The molecule has 112 valence electrons. The van der Waals surface area contributed by atoms with Crippen LogP contribution in [0.15, 0.2) is 42.5 Å². The quantitative estimate of drug-likeness (QED) is 0.852. The Balaban J connectivity index is 1.82. The fourth-order valence-corrected chi connectivity index (χ4v) is 2.79. The molecule has 0 fully saturated rings. The van der Waals surface area contributed by atoms with E-state index in [2.05, 4.69) is 5.32 Å². The third-order valence-electron chi connectivity index (χ3n) is 3.78. The molecule has 2 aromatic carbocycles. The van der Waals surface area contributed by atoms with Crippen molar-refractivity contribution in [2.75, 3.05) is 0 Å². The number of carbonyl (C=O) groups is 1. The first-order chi connectivity index (χ1) is 10.6. The van der Waals surface area contributed by atoms with E-state index in [4.69, 9.17) is 16.3 Å². The molecule has 1 heterocycles. The van der Waals surface area contributed by atoms with Crippen molar-refractivity contribution < 1.29 is 14.5 Å². The van der Waals surface area contributed by atoms with E-state index < -0.39 is 7.12 Å². The molecule has 4 nitrogen and oxygen atoms in total. The van der Waals surface area contributed by atoms with Crippen LogP contribution < -0.4 is 10.8 Å². The van der Waals surface area contributed by atoms with Gasteiger partial charge in [-0.25, -0.2) is 0 Å². The Hall–Kier alpha value is -1.82. The number of hydrogen-bond acceptors (Lipinski definition) is 3. The maximum absolute atomic E-state index is 12.4. The SMILES string of the molecule is CC(NC(=O)c1cc2c(cc1Cl)COB2O)c1ccccc1. The highest BCUT2D eigenvalue weighted by atomic mass is 35.5. The zero-order valence-corrected chi connectivity index (χ0v) is 12.8. The molecule has 1 atom stereocenters. The number of rotatable bonds is 3. The van der Waals surface area contributed by atoms with Crippen LogP contribution in [0.2, 0.25) is 5.02 Å². The largest absolute Gasteiger partial charge is 0.491 e. The van der Waals surface area contributed by atoms with E-state index in [1.165, 1.54) is 0 Å². The zero-order chi connectivity index (χ0) is 15.7. The molecule has 3 rings (SSSR count). The predicted molar refractivity (Wildman–Crippen MR) is 86.2 cm³/mol. The molecule has 1 aliphatic heterocycles. The van der Waals surface area contributed by atoms with Gasteiger partial charge in [-0.05, 0) is 35.6 Å². The standard InChI is InChI=1S/C16H15BClNO3/c1-10(11-5-3-2-4-6-11)19-16(20)13-8-14-12(7-15(13)18)9-22-17(14)21/h2-8,10,21H,9H2,1H3,(H,19,20). The monoisotopic (exact) mass is 315 g/mol. The van der Waals surface area contributed by atoms with Crippen molar-refractivity contribution in [1.82, 2.24) is 5.32 Å². The lowest BCUT2D eigenvalue weighted by Gasteiger charge is -2.15. The summed E-state index contributed by atoms with van der Waals surface area (Å²) in [7, 11) is -0.995. The van der Waals surface area contributed by atoms with E-state index in [1.807, 2.05) is 37.3 Å². The molecule has 0 saturated heterocycles. The van der Waals surface area contributed by atoms with Crippen LogP contribution in [-0.4, -0.2) is 18.0 Å². The van der Waals surface area contributed by atoms with Gasteiger partial charge in [-0.3, -0.25) is 4.79 Å². The summed E-state index contributed by atoms with van der Waals surface area (Å²) in [6.45, 7) is 2.21. The van der Waals surface area contributed by atoms with Crippen molar-refractivity contribution in [3.8, 4) is 0 Å². The molecule has 1 unspecified atom stereocenters. The van der Waals surface area contributed by atoms with Crippen molar-refractivity contribution in [3.63, 3.8) is 0 Å². The zero-order valence-electron chi connectivity index (χ0n) is 12.0. The van der Waals surface area contributed by atoms with Crippen LogP contribution in [0.5, 0.6) is 0 Å². The Kier molecular flexibility index (Phi) is 4.20. The number of halogens is 1. The van der Waals surface area contributed by atoms with Crippen molar-refractivity contribution in [3.05, 3.63) is 64.2 Å². The maximum atomic E-state index is 12.4. The van der Waals surface area contributed by atoms with Gasteiger partial charge in [0.15, 0.2) is 0 Å². The molecule has 2 N–H and O–H groups in total. The van der Waals surface area contributed by atoms with E-state index >= 15 is 0 Å². The summed E-state index contributed by atoms with van der Waals surface area (Å²) in [5, 5.41) is 13.0. The number of amides is 1. The second-order valence-corrected chi connectivity index (χ2v) is 5.71. The van der Waals surface area contributed by atoms with Gasteiger partial charge in [-0.2, -0.15) is 0 Å². The van der Waals surface area contributed by atoms with Crippen molar-refractivity contribution in [2.24, 2.45) is 0 Å². The molecule has 0 radical (unpaired) electrons. The molecular weight excluding hydrogens is 300 g/mol. The van der Waals surface area contributed by atoms with E-state index in [9.17, 15) is 9.82 Å². The van der Waals surface area contributed by atoms with E-state index in [1.54, 1.807) is 12.1 Å². The summed E-state index contributed by atoms with van der Waals surface area (Å²) >= 11 is 6.18. The summed E-state index contributed by atoms with van der Waals surface area (Å²) in [5.41, 5.74) is 2.76. The Labute approximate surface area is 134 Å². The lowest BCUT2D eigenvalue weighted by atomic mass is 9.78. The van der Waals surface area contributed by atoms with Gasteiger partial charge < -0.3 is 15.0 Å². The van der Waals surface area contributed by atoms with Gasteiger partial charge in [0, 0.05) is 0 Å². The summed E-state index contributed by atoms with van der Waals surface area (Å²) in [6, 6.07) is 12.8. The van der Waals surface area contributed by atoms with Gasteiger partial charge in [0.1, 0.15) is 0 Å². The minimum absolute atomic E-state index is 0.140. The molecule has 22 heavy (non-hydrogen) atoms. The number of nitrogens with one attached hydrogen (secondary N) is 1. The molecule has 1 aliphatic rings. The van der Waals surface area contributed by atoms with Crippen molar-refractivity contribution >= 4 is 30.1 Å². The second kappa shape index (κ2) is 6.12. The molecule has 0 aliphatic carbocycles. The third kappa shape index (κ3) is 2.88. The Morgan fingerprint density at radius 2 is 2.09 bits per heavy atom. The van der Waals surface area contributed by atoms with E-state index in [0.717, 1.165) is 11.1 Å².